The third-order valence-electron chi connectivity index (χ3n) is 3.95. The highest BCUT2D eigenvalue weighted by Gasteiger charge is 2.26. The third-order valence-corrected chi connectivity index (χ3v) is 3.95. The maximum absolute atomic E-state index is 12.4. The van der Waals surface area contributed by atoms with E-state index in [9.17, 15) is 4.79 Å². The summed E-state index contributed by atoms with van der Waals surface area (Å²) in [6, 6.07) is 0.239. The Labute approximate surface area is 117 Å². The van der Waals surface area contributed by atoms with Gasteiger partial charge in [-0.15, -0.1) is 0 Å². The zero-order valence-electron chi connectivity index (χ0n) is 12.7. The fraction of sp³-hybridized carbons (Fsp3) is 0.933. The monoisotopic (exact) mass is 270 g/mol. The Kier molecular flexibility index (Phi) is 7.39. The zero-order chi connectivity index (χ0) is 14.3. The Morgan fingerprint density at radius 3 is 2.79 bits per heavy atom. The summed E-state index contributed by atoms with van der Waals surface area (Å²) < 4.78 is 5.21. The molecule has 1 aliphatic rings. The quantitative estimate of drug-likeness (QED) is 0.770. The molecule has 3 atom stereocenters. The van der Waals surface area contributed by atoms with Crippen molar-refractivity contribution in [3.63, 3.8) is 0 Å². The van der Waals surface area contributed by atoms with Crippen LogP contribution in [0.5, 0.6) is 0 Å². The number of ether oxygens (including phenoxy) is 1. The van der Waals surface area contributed by atoms with Crippen molar-refractivity contribution in [3.8, 4) is 0 Å². The van der Waals surface area contributed by atoms with E-state index in [1.807, 2.05) is 18.7 Å². The number of carbonyl (C=O) groups is 1. The molecular weight excluding hydrogens is 240 g/mol. The molecule has 2 N–H and O–H groups in total. The molecule has 4 heteroatoms. The first-order valence-electron chi connectivity index (χ1n) is 7.58. The molecule has 0 aromatic carbocycles. The number of nitrogens with two attached hydrogens (primary N) is 1. The van der Waals surface area contributed by atoms with Gasteiger partial charge in [0.05, 0.1) is 6.61 Å². The van der Waals surface area contributed by atoms with Crippen molar-refractivity contribution in [3.05, 3.63) is 0 Å². The van der Waals surface area contributed by atoms with Crippen LogP contribution < -0.4 is 5.73 Å². The zero-order valence-corrected chi connectivity index (χ0v) is 12.7. The molecule has 0 aromatic rings. The van der Waals surface area contributed by atoms with Crippen LogP contribution in [0.25, 0.3) is 0 Å². The fourth-order valence-corrected chi connectivity index (χ4v) is 2.82. The van der Waals surface area contributed by atoms with Crippen LogP contribution in [0, 0.1) is 11.8 Å². The minimum absolute atomic E-state index is 0.125. The highest BCUT2D eigenvalue weighted by atomic mass is 16.5. The first-order chi connectivity index (χ1) is 9.04. The second-order valence-corrected chi connectivity index (χ2v) is 6.06. The van der Waals surface area contributed by atoms with Crippen LogP contribution in [-0.4, -0.2) is 43.7 Å². The highest BCUT2D eigenvalue weighted by Crippen LogP contribution is 2.20. The van der Waals surface area contributed by atoms with Crippen LogP contribution in [-0.2, 0) is 9.53 Å². The van der Waals surface area contributed by atoms with E-state index in [4.69, 9.17) is 10.5 Å². The molecule has 1 amide bonds. The maximum Gasteiger partial charge on any atom is 0.225 e. The minimum Gasteiger partial charge on any atom is -0.384 e. The average molecular weight is 270 g/mol. The predicted molar refractivity (Wildman–Crippen MR) is 77.8 cm³/mol. The lowest BCUT2D eigenvalue weighted by Gasteiger charge is -2.34. The summed E-state index contributed by atoms with van der Waals surface area (Å²) in [5.74, 6) is 0.949. The van der Waals surface area contributed by atoms with Crippen LogP contribution >= 0.6 is 0 Å². The molecule has 0 aromatic heterocycles. The molecule has 0 radical (unpaired) electrons. The number of carbonyl (C=O) groups excluding carboxylic acids is 1. The van der Waals surface area contributed by atoms with Gasteiger partial charge in [-0.2, -0.15) is 0 Å². The van der Waals surface area contributed by atoms with Gasteiger partial charge in [-0.05, 0) is 38.5 Å². The minimum atomic E-state index is 0.125. The molecule has 1 saturated heterocycles. The van der Waals surface area contributed by atoms with Gasteiger partial charge >= 0.3 is 0 Å². The van der Waals surface area contributed by atoms with Crippen molar-refractivity contribution in [2.24, 2.45) is 17.6 Å². The average Bonchev–Trinajstić information content (AvgIpc) is 2.38. The summed E-state index contributed by atoms with van der Waals surface area (Å²) in [5.41, 5.74) is 5.74. The molecule has 4 nitrogen and oxygen atoms in total. The third kappa shape index (κ3) is 5.91. The normalized spacial score (nSPS) is 23.2. The number of nitrogens with zero attached hydrogens (tertiary/aromatic N) is 1. The molecule has 0 aliphatic carbocycles. The highest BCUT2D eigenvalue weighted by molar-refractivity contribution is 5.78. The molecule has 0 spiro atoms. The van der Waals surface area contributed by atoms with Gasteiger partial charge in [0.15, 0.2) is 0 Å². The largest absolute Gasteiger partial charge is 0.384 e. The Balaban J connectivity index is 2.34. The maximum atomic E-state index is 12.4. The molecule has 1 fully saturated rings. The Bertz CT molecular complexity index is 267. The summed E-state index contributed by atoms with van der Waals surface area (Å²) in [6.07, 6.45) is 5.28. The van der Waals surface area contributed by atoms with Gasteiger partial charge in [0, 0.05) is 32.2 Å². The van der Waals surface area contributed by atoms with Gasteiger partial charge in [0.25, 0.3) is 0 Å². The number of methoxy groups -OCH3 is 1. The first kappa shape index (κ1) is 16.4. The van der Waals surface area contributed by atoms with Crippen molar-refractivity contribution in [1.82, 2.24) is 4.90 Å². The number of likely N-dealkylation sites (tertiary alicyclic amines) is 1. The van der Waals surface area contributed by atoms with E-state index in [1.54, 1.807) is 7.11 Å². The Morgan fingerprint density at radius 2 is 2.16 bits per heavy atom. The topological polar surface area (TPSA) is 55.6 Å². The number of hydrogen-bond acceptors (Lipinski definition) is 3. The van der Waals surface area contributed by atoms with E-state index in [0.29, 0.717) is 11.8 Å². The van der Waals surface area contributed by atoms with Crippen LogP contribution in [0.15, 0.2) is 0 Å². The van der Waals surface area contributed by atoms with E-state index in [2.05, 4.69) is 0 Å². The van der Waals surface area contributed by atoms with E-state index in [0.717, 1.165) is 45.4 Å². The lowest BCUT2D eigenvalue weighted by molar-refractivity contribution is -0.137. The molecular formula is C15H30N2O2. The van der Waals surface area contributed by atoms with Crippen molar-refractivity contribution < 1.29 is 9.53 Å². The Hall–Kier alpha value is -0.610. The number of hydrogen-bond donors (Lipinski definition) is 1. The molecule has 1 rings (SSSR count). The molecule has 0 saturated carbocycles. The van der Waals surface area contributed by atoms with Gasteiger partial charge in [-0.3, -0.25) is 4.79 Å². The molecule has 1 heterocycles. The lowest BCUT2D eigenvalue weighted by Crippen LogP contribution is -2.43. The SMILES string of the molecule is COCC1CCCN(C(=O)C(C)CCCC(C)N)C1. The van der Waals surface area contributed by atoms with Crippen LogP contribution in [0.3, 0.4) is 0 Å². The van der Waals surface area contributed by atoms with Gasteiger partial charge in [-0.1, -0.05) is 13.3 Å². The van der Waals surface area contributed by atoms with Crippen LogP contribution in [0.1, 0.15) is 46.0 Å². The summed E-state index contributed by atoms with van der Waals surface area (Å²) in [6.45, 7) is 6.61. The summed E-state index contributed by atoms with van der Waals surface area (Å²) in [4.78, 5) is 14.4. The molecule has 0 bridgehead atoms. The lowest BCUT2D eigenvalue weighted by atomic mass is 9.95. The van der Waals surface area contributed by atoms with Gasteiger partial charge < -0.3 is 15.4 Å². The van der Waals surface area contributed by atoms with Gasteiger partial charge in [0.2, 0.25) is 5.91 Å². The van der Waals surface area contributed by atoms with Crippen molar-refractivity contribution in [1.29, 1.82) is 0 Å². The molecule has 3 unspecified atom stereocenters. The van der Waals surface area contributed by atoms with E-state index >= 15 is 0 Å². The number of piperidine rings is 1. The number of rotatable bonds is 7. The van der Waals surface area contributed by atoms with Crippen molar-refractivity contribution >= 4 is 5.91 Å². The van der Waals surface area contributed by atoms with Crippen LogP contribution in [0.2, 0.25) is 0 Å². The molecule has 1 aliphatic heterocycles. The molecule has 19 heavy (non-hydrogen) atoms. The molecule has 112 valence electrons. The second-order valence-electron chi connectivity index (χ2n) is 6.06. The predicted octanol–water partition coefficient (Wildman–Crippen LogP) is 2.02. The summed E-state index contributed by atoms with van der Waals surface area (Å²) in [7, 11) is 1.73. The van der Waals surface area contributed by atoms with Crippen molar-refractivity contribution in [2.45, 2.75) is 52.0 Å². The summed E-state index contributed by atoms with van der Waals surface area (Å²) in [5, 5.41) is 0. The van der Waals surface area contributed by atoms with Gasteiger partial charge in [0.1, 0.15) is 0 Å². The van der Waals surface area contributed by atoms with E-state index in [1.165, 1.54) is 6.42 Å². The summed E-state index contributed by atoms with van der Waals surface area (Å²) >= 11 is 0. The van der Waals surface area contributed by atoms with E-state index < -0.39 is 0 Å². The number of amides is 1. The fourth-order valence-electron chi connectivity index (χ4n) is 2.82. The second kappa shape index (κ2) is 8.54. The smallest absolute Gasteiger partial charge is 0.225 e. The Morgan fingerprint density at radius 1 is 1.42 bits per heavy atom. The van der Waals surface area contributed by atoms with Crippen LogP contribution in [0.4, 0.5) is 0 Å². The van der Waals surface area contributed by atoms with Gasteiger partial charge in [-0.25, -0.2) is 0 Å². The van der Waals surface area contributed by atoms with E-state index in [-0.39, 0.29) is 12.0 Å². The van der Waals surface area contributed by atoms with Crippen molar-refractivity contribution in [2.75, 3.05) is 26.8 Å². The first-order valence-corrected chi connectivity index (χ1v) is 7.58. The standard InChI is InChI=1S/C15H30N2O2/c1-12(6-4-7-13(2)16)15(18)17-9-5-8-14(10-17)11-19-3/h12-14H,4-11,16H2,1-3H3.